The number of hydrogen-bond acceptors (Lipinski definition) is 2. The van der Waals surface area contributed by atoms with Crippen LogP contribution in [0.3, 0.4) is 0 Å². The molecule has 0 aliphatic rings. The molecule has 0 aliphatic heterocycles. The summed E-state index contributed by atoms with van der Waals surface area (Å²) < 4.78 is 1.28. The first-order valence-electron chi connectivity index (χ1n) is 3.58. The van der Waals surface area contributed by atoms with Crippen molar-refractivity contribution in [2.24, 2.45) is 7.05 Å². The largest absolute Gasteiger partial charge is 0.328 e. The van der Waals surface area contributed by atoms with Gasteiger partial charge in [-0.2, -0.15) is 0 Å². The molecule has 0 atom stereocenters. The third-order valence-electron chi connectivity index (χ3n) is 1.49. The Hall–Kier alpha value is -2.02. The van der Waals surface area contributed by atoms with E-state index < -0.39 is 11.2 Å². The minimum absolute atomic E-state index is 0.361. The van der Waals surface area contributed by atoms with Crippen LogP contribution in [0.15, 0.2) is 21.9 Å². The predicted molar refractivity (Wildman–Crippen MR) is 50.2 cm³/mol. The summed E-state index contributed by atoms with van der Waals surface area (Å²) in [7, 11) is 1.55. The van der Waals surface area contributed by atoms with Crippen LogP contribution < -0.4 is 11.2 Å². The third-order valence-corrected chi connectivity index (χ3v) is 1.49. The average Bonchev–Trinajstić information content (AvgIpc) is 2.09. The number of aromatic nitrogens is 2. The zero-order valence-corrected chi connectivity index (χ0v) is 7.07. The molecule has 13 heavy (non-hydrogen) atoms. The second-order valence-corrected chi connectivity index (χ2v) is 2.45. The lowest BCUT2D eigenvalue weighted by molar-refractivity contribution is 0.796. The van der Waals surface area contributed by atoms with Gasteiger partial charge in [-0.3, -0.25) is 9.78 Å². The van der Waals surface area contributed by atoms with E-state index in [1.54, 1.807) is 7.05 Å². The summed E-state index contributed by atoms with van der Waals surface area (Å²) in [4.78, 5) is 24.2. The molecule has 0 aromatic carbocycles. The molecule has 0 fully saturated rings. The Morgan fingerprint density at radius 3 is 2.92 bits per heavy atom. The molecule has 66 valence electrons. The van der Waals surface area contributed by atoms with E-state index in [1.807, 2.05) is 0 Å². The summed E-state index contributed by atoms with van der Waals surface area (Å²) in [5.74, 6) is 2.26. The van der Waals surface area contributed by atoms with E-state index in [4.69, 9.17) is 6.42 Å². The van der Waals surface area contributed by atoms with Crippen LogP contribution in [0.25, 0.3) is 6.08 Å². The topological polar surface area (TPSA) is 54.9 Å². The van der Waals surface area contributed by atoms with Crippen molar-refractivity contribution in [1.82, 2.24) is 9.55 Å². The van der Waals surface area contributed by atoms with E-state index in [2.05, 4.69) is 10.9 Å². The third kappa shape index (κ3) is 1.97. The first-order chi connectivity index (χ1) is 6.15. The first kappa shape index (κ1) is 9.07. The molecule has 0 spiro atoms. The van der Waals surface area contributed by atoms with Gasteiger partial charge in [0.1, 0.15) is 0 Å². The van der Waals surface area contributed by atoms with E-state index in [0.717, 1.165) is 0 Å². The summed E-state index contributed by atoms with van der Waals surface area (Å²) in [6.45, 7) is 0. The Kier molecular flexibility index (Phi) is 2.50. The summed E-state index contributed by atoms with van der Waals surface area (Å²) in [5.41, 5.74) is -0.516. The van der Waals surface area contributed by atoms with Crippen LogP contribution in [0.2, 0.25) is 0 Å². The second kappa shape index (κ2) is 3.59. The summed E-state index contributed by atoms with van der Waals surface area (Å²) >= 11 is 0. The van der Waals surface area contributed by atoms with E-state index in [-0.39, 0.29) is 0 Å². The normalized spacial score (nSPS) is 10.2. The lowest BCUT2D eigenvalue weighted by Crippen LogP contribution is -2.28. The highest BCUT2D eigenvalue weighted by atomic mass is 16.2. The van der Waals surface area contributed by atoms with Gasteiger partial charge < -0.3 is 4.57 Å². The summed E-state index contributed by atoms with van der Waals surface area (Å²) in [6, 6.07) is 0. The van der Waals surface area contributed by atoms with Crippen LogP contribution in [0.1, 0.15) is 5.56 Å². The van der Waals surface area contributed by atoms with Gasteiger partial charge in [0.2, 0.25) is 0 Å². The number of aromatic amines is 1. The highest BCUT2D eigenvalue weighted by Gasteiger charge is 1.97. The molecule has 4 nitrogen and oxygen atoms in total. The molecule has 0 saturated heterocycles. The molecule has 0 unspecified atom stereocenters. The molecule has 1 aromatic rings. The fourth-order valence-corrected chi connectivity index (χ4v) is 0.840. The molecule has 0 aliphatic carbocycles. The lowest BCUT2D eigenvalue weighted by atomic mass is 10.3. The first-order valence-corrected chi connectivity index (χ1v) is 3.58. The summed E-state index contributed by atoms with van der Waals surface area (Å²) in [6.07, 6.45) is 9.27. The van der Waals surface area contributed by atoms with E-state index >= 15 is 0 Å². The minimum atomic E-state index is -0.442. The van der Waals surface area contributed by atoms with Gasteiger partial charge in [-0.15, -0.1) is 6.42 Å². The highest BCUT2D eigenvalue weighted by Crippen LogP contribution is 1.89. The number of nitrogens with one attached hydrogen (secondary N) is 1. The van der Waals surface area contributed by atoms with Crippen molar-refractivity contribution in [1.29, 1.82) is 0 Å². The van der Waals surface area contributed by atoms with Gasteiger partial charge in [-0.05, 0) is 12.2 Å². The fraction of sp³-hybridized carbons (Fsp3) is 0.111. The molecule has 0 bridgehead atoms. The fourth-order valence-electron chi connectivity index (χ4n) is 0.840. The molecule has 1 rings (SSSR count). The Bertz CT molecular complexity index is 486. The van der Waals surface area contributed by atoms with Crippen LogP contribution in [-0.2, 0) is 7.05 Å². The van der Waals surface area contributed by atoms with Crippen LogP contribution in [0, 0.1) is 12.3 Å². The molecule has 1 heterocycles. The second-order valence-electron chi connectivity index (χ2n) is 2.45. The molecule has 1 aromatic heterocycles. The number of nitrogens with zero attached hydrogens (tertiary/aromatic N) is 1. The maximum Gasteiger partial charge on any atom is 0.328 e. The van der Waals surface area contributed by atoms with E-state index in [0.29, 0.717) is 5.56 Å². The van der Waals surface area contributed by atoms with Gasteiger partial charge in [-0.25, -0.2) is 4.79 Å². The smallest absolute Gasteiger partial charge is 0.303 e. The van der Waals surface area contributed by atoms with Crippen molar-refractivity contribution < 1.29 is 0 Å². The number of allylic oxidation sites excluding steroid dienone is 1. The SMILES string of the molecule is C#CC=Cc1cn(C)c(=O)[nH]c1=O. The van der Waals surface area contributed by atoms with Crippen molar-refractivity contribution in [2.75, 3.05) is 0 Å². The minimum Gasteiger partial charge on any atom is -0.303 e. The molecular weight excluding hydrogens is 168 g/mol. The van der Waals surface area contributed by atoms with Crippen LogP contribution in [0.4, 0.5) is 0 Å². The van der Waals surface area contributed by atoms with Gasteiger partial charge in [0.05, 0.1) is 5.56 Å². The molecule has 0 saturated carbocycles. The van der Waals surface area contributed by atoms with Crippen molar-refractivity contribution in [3.8, 4) is 12.3 Å². The Morgan fingerprint density at radius 2 is 2.31 bits per heavy atom. The number of rotatable bonds is 1. The lowest BCUT2D eigenvalue weighted by Gasteiger charge is -1.96. The van der Waals surface area contributed by atoms with Crippen molar-refractivity contribution >= 4 is 6.08 Å². The number of H-pyrrole nitrogens is 1. The van der Waals surface area contributed by atoms with Gasteiger partial charge in [-0.1, -0.05) is 5.92 Å². The van der Waals surface area contributed by atoms with E-state index in [9.17, 15) is 9.59 Å². The van der Waals surface area contributed by atoms with Gasteiger partial charge in [0, 0.05) is 13.2 Å². The molecule has 4 heteroatoms. The zero-order valence-electron chi connectivity index (χ0n) is 7.07. The standard InChI is InChI=1S/C9H8N2O2/c1-3-4-5-7-6-11(2)9(13)10-8(7)12/h1,4-6H,2H3,(H,10,12,13). The van der Waals surface area contributed by atoms with Gasteiger partial charge in [0.15, 0.2) is 0 Å². The predicted octanol–water partition coefficient (Wildman–Crippen LogP) is -0.280. The molecule has 1 N–H and O–H groups in total. The number of hydrogen-bond donors (Lipinski definition) is 1. The Balaban J connectivity index is 3.34. The van der Waals surface area contributed by atoms with Crippen molar-refractivity contribution in [3.05, 3.63) is 38.7 Å². The van der Waals surface area contributed by atoms with Crippen LogP contribution in [-0.4, -0.2) is 9.55 Å². The Labute approximate surface area is 74.5 Å². The summed E-state index contributed by atoms with van der Waals surface area (Å²) in [5, 5.41) is 0. The average molecular weight is 176 g/mol. The maximum atomic E-state index is 11.1. The molecule has 0 amide bonds. The van der Waals surface area contributed by atoms with Crippen molar-refractivity contribution in [3.63, 3.8) is 0 Å². The maximum absolute atomic E-state index is 11.1. The van der Waals surface area contributed by atoms with Crippen LogP contribution in [0.5, 0.6) is 0 Å². The van der Waals surface area contributed by atoms with Gasteiger partial charge in [0.25, 0.3) is 5.56 Å². The molecular formula is C9H8N2O2. The monoisotopic (exact) mass is 176 g/mol. The number of terminal acetylenes is 1. The van der Waals surface area contributed by atoms with E-state index in [1.165, 1.54) is 22.9 Å². The van der Waals surface area contributed by atoms with Crippen molar-refractivity contribution in [2.45, 2.75) is 0 Å². The number of aryl methyl sites for hydroxylation is 1. The van der Waals surface area contributed by atoms with Crippen LogP contribution >= 0.6 is 0 Å². The Morgan fingerprint density at radius 1 is 1.62 bits per heavy atom. The molecule has 0 radical (unpaired) electrons. The quantitative estimate of drug-likeness (QED) is 0.598. The zero-order chi connectivity index (χ0) is 9.84. The van der Waals surface area contributed by atoms with Gasteiger partial charge >= 0.3 is 5.69 Å². The highest BCUT2D eigenvalue weighted by molar-refractivity contribution is 5.49.